The second kappa shape index (κ2) is 5.48. The standard InChI is InChI=1S/C13H26N2O/c1-4-12-10(3)13(5-2)15-6-7-16-9-11(15)8-14-12/h10-14H,4-9H2,1-3H3/t10-,11?,12?,13+/m1/s1. The molecule has 0 spiro atoms. The summed E-state index contributed by atoms with van der Waals surface area (Å²) in [6.07, 6.45) is 2.49. The van der Waals surface area contributed by atoms with E-state index in [1.165, 1.54) is 12.8 Å². The summed E-state index contributed by atoms with van der Waals surface area (Å²) >= 11 is 0. The molecule has 0 radical (unpaired) electrons. The van der Waals surface area contributed by atoms with Crippen LogP contribution in [0.15, 0.2) is 0 Å². The number of morpholine rings is 1. The Morgan fingerprint density at radius 3 is 2.81 bits per heavy atom. The molecule has 2 rings (SSSR count). The van der Waals surface area contributed by atoms with E-state index in [2.05, 4.69) is 31.0 Å². The van der Waals surface area contributed by atoms with Crippen LogP contribution >= 0.6 is 0 Å². The van der Waals surface area contributed by atoms with Gasteiger partial charge in [-0.2, -0.15) is 0 Å². The number of ether oxygens (including phenoxy) is 1. The van der Waals surface area contributed by atoms with Gasteiger partial charge in [-0.05, 0) is 18.8 Å². The van der Waals surface area contributed by atoms with Crippen molar-refractivity contribution in [1.82, 2.24) is 10.2 Å². The Morgan fingerprint density at radius 2 is 2.12 bits per heavy atom. The second-order valence-electron chi connectivity index (χ2n) is 5.22. The highest BCUT2D eigenvalue weighted by atomic mass is 16.5. The summed E-state index contributed by atoms with van der Waals surface area (Å²) in [5.74, 6) is 0.748. The number of nitrogens with zero attached hydrogens (tertiary/aromatic N) is 1. The highest BCUT2D eigenvalue weighted by molar-refractivity contribution is 4.93. The second-order valence-corrected chi connectivity index (χ2v) is 5.22. The van der Waals surface area contributed by atoms with E-state index in [1.54, 1.807) is 0 Å². The average Bonchev–Trinajstić information content (AvgIpc) is 2.45. The maximum Gasteiger partial charge on any atom is 0.0635 e. The van der Waals surface area contributed by atoms with Crippen LogP contribution in [0.5, 0.6) is 0 Å². The molecule has 1 N–H and O–H groups in total. The first-order chi connectivity index (χ1) is 7.77. The normalized spacial score (nSPS) is 41.4. The maximum atomic E-state index is 5.61. The van der Waals surface area contributed by atoms with Crippen molar-refractivity contribution < 1.29 is 4.74 Å². The van der Waals surface area contributed by atoms with Crippen molar-refractivity contribution in [3.05, 3.63) is 0 Å². The summed E-state index contributed by atoms with van der Waals surface area (Å²) in [5, 5.41) is 3.72. The Labute approximate surface area is 99.5 Å². The molecule has 0 aromatic rings. The van der Waals surface area contributed by atoms with E-state index in [0.29, 0.717) is 12.1 Å². The highest BCUT2D eigenvalue weighted by Gasteiger charge is 2.37. The van der Waals surface area contributed by atoms with Crippen molar-refractivity contribution in [2.24, 2.45) is 5.92 Å². The van der Waals surface area contributed by atoms with Crippen LogP contribution in [0, 0.1) is 5.92 Å². The first kappa shape index (κ1) is 12.3. The molecule has 16 heavy (non-hydrogen) atoms. The van der Waals surface area contributed by atoms with Crippen molar-refractivity contribution in [2.75, 3.05) is 26.3 Å². The van der Waals surface area contributed by atoms with Crippen molar-refractivity contribution in [2.45, 2.75) is 51.7 Å². The first-order valence-electron chi connectivity index (χ1n) is 6.84. The Balaban J connectivity index is 2.14. The van der Waals surface area contributed by atoms with E-state index in [1.807, 2.05) is 0 Å². The van der Waals surface area contributed by atoms with Gasteiger partial charge < -0.3 is 10.1 Å². The van der Waals surface area contributed by atoms with Crippen LogP contribution < -0.4 is 5.32 Å². The van der Waals surface area contributed by atoms with Crippen LogP contribution in [0.4, 0.5) is 0 Å². The zero-order valence-electron chi connectivity index (χ0n) is 10.9. The molecule has 4 atom stereocenters. The third kappa shape index (κ3) is 2.27. The predicted molar refractivity (Wildman–Crippen MR) is 66.6 cm³/mol. The molecule has 3 heteroatoms. The number of hydrogen-bond donors (Lipinski definition) is 1. The lowest BCUT2D eigenvalue weighted by molar-refractivity contribution is -0.0312. The molecule has 0 bridgehead atoms. The minimum Gasteiger partial charge on any atom is -0.378 e. The summed E-state index contributed by atoms with van der Waals surface area (Å²) in [6, 6.07) is 2.00. The largest absolute Gasteiger partial charge is 0.378 e. The van der Waals surface area contributed by atoms with Gasteiger partial charge in [-0.1, -0.05) is 20.8 Å². The van der Waals surface area contributed by atoms with Gasteiger partial charge >= 0.3 is 0 Å². The summed E-state index contributed by atoms with van der Waals surface area (Å²) in [4.78, 5) is 2.69. The molecule has 0 saturated carbocycles. The van der Waals surface area contributed by atoms with Crippen molar-refractivity contribution in [3.63, 3.8) is 0 Å². The average molecular weight is 226 g/mol. The van der Waals surface area contributed by atoms with E-state index in [9.17, 15) is 0 Å². The fourth-order valence-corrected chi connectivity index (χ4v) is 3.45. The van der Waals surface area contributed by atoms with Gasteiger partial charge in [-0.25, -0.2) is 0 Å². The van der Waals surface area contributed by atoms with E-state index in [-0.39, 0.29) is 0 Å². The molecule has 0 aromatic heterocycles. The lowest BCUT2D eigenvalue weighted by Crippen LogP contribution is -2.53. The van der Waals surface area contributed by atoms with Crippen LogP contribution in [-0.4, -0.2) is 49.3 Å². The minimum absolute atomic E-state index is 0.595. The summed E-state index contributed by atoms with van der Waals surface area (Å²) < 4.78 is 5.61. The van der Waals surface area contributed by atoms with Crippen molar-refractivity contribution in [1.29, 1.82) is 0 Å². The fraction of sp³-hybridized carbons (Fsp3) is 1.00. The molecule has 2 heterocycles. The zero-order chi connectivity index (χ0) is 11.5. The molecular weight excluding hydrogens is 200 g/mol. The Kier molecular flexibility index (Phi) is 4.22. The number of fused-ring (bicyclic) bond motifs is 1. The van der Waals surface area contributed by atoms with Crippen LogP contribution in [0.3, 0.4) is 0 Å². The molecule has 3 nitrogen and oxygen atoms in total. The predicted octanol–water partition coefficient (Wildman–Crippen LogP) is 1.48. The van der Waals surface area contributed by atoms with E-state index in [0.717, 1.165) is 38.3 Å². The van der Waals surface area contributed by atoms with Gasteiger partial charge in [0.25, 0.3) is 0 Å². The van der Waals surface area contributed by atoms with Gasteiger partial charge in [-0.15, -0.1) is 0 Å². The van der Waals surface area contributed by atoms with E-state index >= 15 is 0 Å². The van der Waals surface area contributed by atoms with E-state index in [4.69, 9.17) is 4.74 Å². The molecule has 0 amide bonds. The zero-order valence-corrected chi connectivity index (χ0v) is 10.9. The molecular formula is C13H26N2O. The lowest BCUT2D eigenvalue weighted by atomic mass is 9.89. The fourth-order valence-electron chi connectivity index (χ4n) is 3.45. The smallest absolute Gasteiger partial charge is 0.0635 e. The van der Waals surface area contributed by atoms with Crippen molar-refractivity contribution in [3.8, 4) is 0 Å². The Hall–Kier alpha value is -0.120. The molecule has 2 fully saturated rings. The topological polar surface area (TPSA) is 24.5 Å². The van der Waals surface area contributed by atoms with Gasteiger partial charge in [-0.3, -0.25) is 4.90 Å². The summed E-state index contributed by atoms with van der Waals surface area (Å²) in [5.41, 5.74) is 0. The molecule has 2 aliphatic heterocycles. The number of hydrogen-bond acceptors (Lipinski definition) is 3. The van der Waals surface area contributed by atoms with Gasteiger partial charge in [0, 0.05) is 31.2 Å². The minimum atomic E-state index is 0.595. The van der Waals surface area contributed by atoms with Crippen LogP contribution in [0.2, 0.25) is 0 Å². The SMILES string of the molecule is CCC1NCC2COCCN2[C@@H](CC)[C@@H]1C. The monoisotopic (exact) mass is 226 g/mol. The van der Waals surface area contributed by atoms with Crippen LogP contribution in [0.25, 0.3) is 0 Å². The Bertz CT molecular complexity index is 222. The first-order valence-corrected chi connectivity index (χ1v) is 6.84. The van der Waals surface area contributed by atoms with Gasteiger partial charge in [0.2, 0.25) is 0 Å². The third-order valence-electron chi connectivity index (χ3n) is 4.41. The number of rotatable bonds is 2. The molecule has 2 unspecified atom stereocenters. The van der Waals surface area contributed by atoms with Gasteiger partial charge in [0.05, 0.1) is 13.2 Å². The molecule has 0 aromatic carbocycles. The lowest BCUT2D eigenvalue weighted by Gasteiger charge is -2.41. The molecule has 2 aliphatic rings. The van der Waals surface area contributed by atoms with Crippen molar-refractivity contribution >= 4 is 0 Å². The van der Waals surface area contributed by atoms with E-state index < -0.39 is 0 Å². The van der Waals surface area contributed by atoms with Gasteiger partial charge in [0.15, 0.2) is 0 Å². The van der Waals surface area contributed by atoms with Crippen LogP contribution in [-0.2, 0) is 4.74 Å². The third-order valence-corrected chi connectivity index (χ3v) is 4.41. The Morgan fingerprint density at radius 1 is 1.31 bits per heavy atom. The molecule has 2 saturated heterocycles. The summed E-state index contributed by atoms with van der Waals surface area (Å²) in [7, 11) is 0. The molecule has 94 valence electrons. The van der Waals surface area contributed by atoms with Gasteiger partial charge in [0.1, 0.15) is 0 Å². The molecule has 0 aliphatic carbocycles. The summed E-state index contributed by atoms with van der Waals surface area (Å²) in [6.45, 7) is 11.1. The quantitative estimate of drug-likeness (QED) is 0.772. The highest BCUT2D eigenvalue weighted by Crippen LogP contribution is 2.26. The van der Waals surface area contributed by atoms with Crippen LogP contribution in [0.1, 0.15) is 33.6 Å². The number of nitrogens with one attached hydrogen (secondary N) is 1. The maximum absolute atomic E-state index is 5.61.